The van der Waals surface area contributed by atoms with Crippen LogP contribution in [0.2, 0.25) is 5.02 Å². The van der Waals surface area contributed by atoms with E-state index in [1.807, 2.05) is 4.90 Å². The molecular weight excluding hydrogens is 430 g/mol. The second-order valence-electron chi connectivity index (χ2n) is 6.76. The zero-order valence-electron chi connectivity index (χ0n) is 16.3. The van der Waals surface area contributed by atoms with E-state index in [1.54, 1.807) is 18.3 Å². The van der Waals surface area contributed by atoms with Gasteiger partial charge in [-0.3, -0.25) is 4.79 Å². The monoisotopic (exact) mass is 446 g/mol. The molecule has 10 heteroatoms. The van der Waals surface area contributed by atoms with Crippen molar-refractivity contribution in [2.24, 2.45) is 0 Å². The van der Waals surface area contributed by atoms with Crippen LogP contribution in [0.25, 0.3) is 10.9 Å². The lowest BCUT2D eigenvalue weighted by Crippen LogP contribution is -2.50. The molecule has 7 nitrogen and oxygen atoms in total. The van der Waals surface area contributed by atoms with Gasteiger partial charge in [0.15, 0.2) is 17.3 Å². The second kappa shape index (κ2) is 8.73. The molecule has 2 aromatic carbocycles. The van der Waals surface area contributed by atoms with Crippen molar-refractivity contribution in [3.63, 3.8) is 0 Å². The standard InChI is InChI=1S/C21H17ClF2N4O3/c1-30-17-8-16-13(7-18(17)31-12-9-28(10-12)5-2-6-29)21(26-11-25-16)27-15-4-3-14(23)19(22)20(15)24/h2-8,11-12H,9-10H2,1H3,(H,25,26,27). The van der Waals surface area contributed by atoms with Crippen LogP contribution in [0, 0.1) is 11.6 Å². The highest BCUT2D eigenvalue weighted by atomic mass is 35.5. The Morgan fingerprint density at radius 3 is 2.77 bits per heavy atom. The molecule has 2 heterocycles. The fourth-order valence-corrected chi connectivity index (χ4v) is 3.33. The molecule has 0 radical (unpaired) electrons. The van der Waals surface area contributed by atoms with Crippen molar-refractivity contribution in [3.05, 3.63) is 59.5 Å². The fraction of sp³-hybridized carbons (Fsp3) is 0.190. The Hall–Kier alpha value is -3.46. The number of nitrogens with zero attached hydrogens (tertiary/aromatic N) is 3. The summed E-state index contributed by atoms with van der Waals surface area (Å²) in [6.07, 6.45) is 5.05. The average Bonchev–Trinajstić information content (AvgIpc) is 2.75. The average molecular weight is 447 g/mol. The summed E-state index contributed by atoms with van der Waals surface area (Å²) in [7, 11) is 1.52. The first kappa shape index (κ1) is 20.8. The van der Waals surface area contributed by atoms with E-state index in [2.05, 4.69) is 15.3 Å². The van der Waals surface area contributed by atoms with E-state index >= 15 is 0 Å². The highest BCUT2D eigenvalue weighted by molar-refractivity contribution is 6.31. The molecule has 1 saturated heterocycles. The maximum atomic E-state index is 14.3. The molecule has 0 atom stereocenters. The third kappa shape index (κ3) is 4.22. The fourth-order valence-electron chi connectivity index (χ4n) is 3.17. The SMILES string of the molecule is COc1cc2ncnc(Nc3ccc(F)c(Cl)c3F)c2cc1OC1CN(C=CC=O)C1. The van der Waals surface area contributed by atoms with Gasteiger partial charge in [0.2, 0.25) is 0 Å². The van der Waals surface area contributed by atoms with Crippen LogP contribution in [-0.2, 0) is 4.79 Å². The summed E-state index contributed by atoms with van der Waals surface area (Å²) < 4.78 is 39.3. The van der Waals surface area contributed by atoms with Crippen LogP contribution in [0.1, 0.15) is 0 Å². The highest BCUT2D eigenvalue weighted by Gasteiger charge is 2.27. The van der Waals surface area contributed by atoms with E-state index in [9.17, 15) is 13.6 Å². The van der Waals surface area contributed by atoms with Gasteiger partial charge in [0.1, 0.15) is 35.4 Å². The Labute approximate surface area is 181 Å². The number of carbonyl (C=O) groups is 1. The van der Waals surface area contributed by atoms with Crippen LogP contribution < -0.4 is 14.8 Å². The first-order valence-electron chi connectivity index (χ1n) is 9.26. The van der Waals surface area contributed by atoms with E-state index < -0.39 is 16.7 Å². The van der Waals surface area contributed by atoms with Crippen molar-refractivity contribution >= 4 is 40.3 Å². The molecule has 0 aliphatic carbocycles. The van der Waals surface area contributed by atoms with Gasteiger partial charge in [-0.1, -0.05) is 11.6 Å². The van der Waals surface area contributed by atoms with Crippen LogP contribution in [-0.4, -0.2) is 47.5 Å². The molecule has 1 aromatic heterocycles. The number of ether oxygens (including phenoxy) is 2. The summed E-state index contributed by atoms with van der Waals surface area (Å²) in [6.45, 7) is 1.22. The molecule has 1 aliphatic rings. The molecular formula is C21H17ClF2N4O3. The van der Waals surface area contributed by atoms with Crippen LogP contribution in [0.15, 0.2) is 42.9 Å². The molecule has 1 N–H and O–H groups in total. The first-order valence-corrected chi connectivity index (χ1v) is 9.64. The summed E-state index contributed by atoms with van der Waals surface area (Å²) in [5.41, 5.74) is 0.515. The summed E-state index contributed by atoms with van der Waals surface area (Å²) >= 11 is 5.67. The highest BCUT2D eigenvalue weighted by Crippen LogP contribution is 2.37. The predicted molar refractivity (Wildman–Crippen MR) is 112 cm³/mol. The summed E-state index contributed by atoms with van der Waals surface area (Å²) in [5, 5.41) is 2.78. The smallest absolute Gasteiger partial charge is 0.168 e. The van der Waals surface area contributed by atoms with Crippen LogP contribution in [0.4, 0.5) is 20.3 Å². The van der Waals surface area contributed by atoms with Gasteiger partial charge in [-0.15, -0.1) is 0 Å². The van der Waals surface area contributed by atoms with Crippen molar-refractivity contribution in [2.75, 3.05) is 25.5 Å². The quantitative estimate of drug-likeness (QED) is 0.333. The number of fused-ring (bicyclic) bond motifs is 1. The van der Waals surface area contributed by atoms with Gasteiger partial charge >= 0.3 is 0 Å². The number of halogens is 3. The number of nitrogens with one attached hydrogen (secondary N) is 1. The van der Waals surface area contributed by atoms with Gasteiger partial charge in [0.25, 0.3) is 0 Å². The maximum absolute atomic E-state index is 14.3. The third-order valence-corrected chi connectivity index (χ3v) is 5.10. The number of likely N-dealkylation sites (tertiary alicyclic amines) is 1. The maximum Gasteiger partial charge on any atom is 0.168 e. The van der Waals surface area contributed by atoms with Gasteiger partial charge in [0, 0.05) is 17.7 Å². The van der Waals surface area contributed by atoms with Gasteiger partial charge in [-0.2, -0.15) is 0 Å². The van der Waals surface area contributed by atoms with Crippen molar-refractivity contribution < 1.29 is 23.0 Å². The van der Waals surface area contributed by atoms with Gasteiger partial charge < -0.3 is 19.7 Å². The molecule has 0 bridgehead atoms. The predicted octanol–water partition coefficient (Wildman–Crippen LogP) is 4.09. The minimum absolute atomic E-state index is 0.0266. The largest absolute Gasteiger partial charge is 0.493 e. The topological polar surface area (TPSA) is 76.6 Å². The van der Waals surface area contributed by atoms with Crippen LogP contribution in [0.3, 0.4) is 0 Å². The van der Waals surface area contributed by atoms with E-state index in [0.29, 0.717) is 47.6 Å². The van der Waals surface area contributed by atoms with E-state index in [1.165, 1.54) is 25.6 Å². The lowest BCUT2D eigenvalue weighted by molar-refractivity contribution is -0.104. The van der Waals surface area contributed by atoms with Gasteiger partial charge in [0.05, 0.1) is 31.4 Å². The summed E-state index contributed by atoms with van der Waals surface area (Å²) in [5.74, 6) is -0.528. The van der Waals surface area contributed by atoms with Crippen molar-refractivity contribution in [1.29, 1.82) is 0 Å². The number of carbonyl (C=O) groups excluding carboxylic acids is 1. The molecule has 1 fully saturated rings. The zero-order valence-corrected chi connectivity index (χ0v) is 17.1. The number of allylic oxidation sites excluding steroid dienone is 1. The molecule has 0 saturated carbocycles. The minimum atomic E-state index is -0.920. The Kier molecular flexibility index (Phi) is 5.85. The van der Waals surface area contributed by atoms with Gasteiger partial charge in [-0.25, -0.2) is 18.7 Å². The number of rotatable bonds is 7. The van der Waals surface area contributed by atoms with E-state index in [0.717, 1.165) is 6.07 Å². The normalized spacial score (nSPS) is 14.0. The molecule has 0 unspecified atom stereocenters. The molecule has 31 heavy (non-hydrogen) atoms. The molecule has 4 rings (SSSR count). The third-order valence-electron chi connectivity index (χ3n) is 4.75. The van der Waals surface area contributed by atoms with Crippen LogP contribution in [0.5, 0.6) is 11.5 Å². The Bertz CT molecular complexity index is 1170. The Morgan fingerprint density at radius 1 is 1.23 bits per heavy atom. The first-order chi connectivity index (χ1) is 15.0. The number of benzene rings is 2. The molecule has 3 aromatic rings. The number of anilines is 2. The molecule has 0 amide bonds. The lowest BCUT2D eigenvalue weighted by Gasteiger charge is -2.38. The molecule has 0 spiro atoms. The summed E-state index contributed by atoms with van der Waals surface area (Å²) in [6, 6.07) is 5.69. The number of aldehydes is 1. The molecule has 1 aliphatic heterocycles. The number of hydrogen-bond acceptors (Lipinski definition) is 7. The lowest BCUT2D eigenvalue weighted by atomic mass is 10.1. The van der Waals surface area contributed by atoms with E-state index in [4.69, 9.17) is 21.1 Å². The Balaban J connectivity index is 1.64. The number of methoxy groups -OCH3 is 1. The van der Waals surface area contributed by atoms with Crippen molar-refractivity contribution in [2.45, 2.75) is 6.10 Å². The van der Waals surface area contributed by atoms with Gasteiger partial charge in [-0.05, 0) is 24.3 Å². The Morgan fingerprint density at radius 2 is 2.03 bits per heavy atom. The number of hydrogen-bond donors (Lipinski definition) is 1. The number of aromatic nitrogens is 2. The summed E-state index contributed by atoms with van der Waals surface area (Å²) in [4.78, 5) is 20.8. The van der Waals surface area contributed by atoms with Crippen LogP contribution >= 0.6 is 11.6 Å². The second-order valence-corrected chi connectivity index (χ2v) is 7.14. The van der Waals surface area contributed by atoms with Crippen molar-refractivity contribution in [3.8, 4) is 11.5 Å². The minimum Gasteiger partial charge on any atom is -0.493 e. The van der Waals surface area contributed by atoms with E-state index in [-0.39, 0.29) is 11.8 Å². The van der Waals surface area contributed by atoms with Crippen molar-refractivity contribution in [1.82, 2.24) is 14.9 Å². The molecule has 160 valence electrons. The zero-order chi connectivity index (χ0) is 22.0.